The van der Waals surface area contributed by atoms with Crippen molar-refractivity contribution in [2.75, 3.05) is 5.01 Å². The average Bonchev–Trinajstić information content (AvgIpc) is 2.96. The van der Waals surface area contributed by atoms with Crippen LogP contribution in [0.3, 0.4) is 0 Å². The molecule has 0 atom stereocenters. The quantitative estimate of drug-likeness (QED) is 0.445. The van der Waals surface area contributed by atoms with Crippen molar-refractivity contribution in [1.82, 2.24) is 0 Å². The van der Waals surface area contributed by atoms with Crippen LogP contribution in [-0.2, 0) is 11.2 Å². The first kappa shape index (κ1) is 20.2. The number of amides is 1. The number of aromatic carboxylic acids is 1. The molecule has 1 aliphatic heterocycles. The first-order chi connectivity index (χ1) is 13.7. The van der Waals surface area contributed by atoms with E-state index >= 15 is 0 Å². The summed E-state index contributed by atoms with van der Waals surface area (Å²) in [6.45, 7) is 3.46. The zero-order valence-electron chi connectivity index (χ0n) is 15.5. The van der Waals surface area contributed by atoms with Gasteiger partial charge in [-0.2, -0.15) is 10.1 Å². The Balaban J connectivity index is 1.99. The van der Waals surface area contributed by atoms with Crippen LogP contribution in [0.5, 0.6) is 0 Å². The fraction of sp³-hybridized carbons (Fsp3) is 0.150. The molecule has 0 fully saturated rings. The van der Waals surface area contributed by atoms with Gasteiger partial charge in [0.2, 0.25) is 0 Å². The molecule has 1 amide bonds. The molecule has 9 heteroatoms. The lowest BCUT2D eigenvalue weighted by molar-refractivity contribution is -0.385. The Morgan fingerprint density at radius 3 is 2.66 bits per heavy atom. The molecule has 0 radical (unpaired) electrons. The van der Waals surface area contributed by atoms with Crippen LogP contribution in [0, 0.1) is 10.1 Å². The van der Waals surface area contributed by atoms with Crippen LogP contribution < -0.4 is 5.01 Å². The second-order valence-electron chi connectivity index (χ2n) is 6.33. The van der Waals surface area contributed by atoms with Crippen molar-refractivity contribution in [3.8, 4) is 0 Å². The molecule has 148 valence electrons. The topological polar surface area (TPSA) is 113 Å². The minimum absolute atomic E-state index is 0.0115. The standard InChI is InChI=1S/C20H16ClN3O5/c1-3-13-5-4-12(9-18(13)24(28)29)8-15-11(2)22-23(19(15)25)14-6-7-17(21)16(10-14)20(26)27/h4-10H,3H2,1-2H3,(H,26,27)/b15-8-. The van der Waals surface area contributed by atoms with Crippen LogP contribution >= 0.6 is 11.6 Å². The lowest BCUT2D eigenvalue weighted by Gasteiger charge is -2.13. The number of benzene rings is 2. The Labute approximate surface area is 170 Å². The molecular weight excluding hydrogens is 398 g/mol. The summed E-state index contributed by atoms with van der Waals surface area (Å²) in [4.78, 5) is 35.0. The van der Waals surface area contributed by atoms with Crippen LogP contribution in [0.4, 0.5) is 11.4 Å². The smallest absolute Gasteiger partial charge is 0.337 e. The summed E-state index contributed by atoms with van der Waals surface area (Å²) in [5, 5.41) is 25.8. The van der Waals surface area contributed by atoms with Gasteiger partial charge in [0.25, 0.3) is 11.6 Å². The SMILES string of the molecule is CCc1ccc(/C=C2\C(=O)N(c3ccc(Cl)c(C(=O)O)c3)N=C2C)cc1[N+](=O)[O-]. The van der Waals surface area contributed by atoms with E-state index in [1.807, 2.05) is 6.92 Å². The van der Waals surface area contributed by atoms with Crippen LogP contribution in [0.2, 0.25) is 5.02 Å². The van der Waals surface area contributed by atoms with Gasteiger partial charge in [0.1, 0.15) is 0 Å². The third-order valence-corrected chi connectivity index (χ3v) is 4.82. The number of anilines is 1. The molecule has 1 aliphatic rings. The van der Waals surface area contributed by atoms with Crippen LogP contribution in [-0.4, -0.2) is 27.6 Å². The lowest BCUT2D eigenvalue weighted by Crippen LogP contribution is -2.21. The third kappa shape index (κ3) is 3.88. The second-order valence-corrected chi connectivity index (χ2v) is 6.74. The fourth-order valence-corrected chi connectivity index (χ4v) is 3.17. The number of nitro benzene ring substituents is 1. The minimum atomic E-state index is -1.22. The van der Waals surface area contributed by atoms with Crippen molar-refractivity contribution < 1.29 is 19.6 Å². The van der Waals surface area contributed by atoms with Gasteiger partial charge < -0.3 is 5.11 Å². The van der Waals surface area contributed by atoms with Crippen LogP contribution in [0.1, 0.15) is 35.3 Å². The summed E-state index contributed by atoms with van der Waals surface area (Å²) in [5.74, 6) is -1.69. The Morgan fingerprint density at radius 2 is 2.03 bits per heavy atom. The molecular formula is C20H16ClN3O5. The number of hydrazone groups is 1. The number of halogens is 1. The summed E-state index contributed by atoms with van der Waals surface area (Å²) < 4.78 is 0. The molecule has 0 bridgehead atoms. The molecule has 1 heterocycles. The summed E-state index contributed by atoms with van der Waals surface area (Å²) >= 11 is 5.88. The van der Waals surface area contributed by atoms with Gasteiger partial charge in [-0.05, 0) is 43.2 Å². The molecule has 2 aromatic rings. The number of aryl methyl sites for hydroxylation is 1. The van der Waals surface area contributed by atoms with Crippen molar-refractivity contribution >= 4 is 46.6 Å². The van der Waals surface area contributed by atoms with E-state index in [9.17, 15) is 24.8 Å². The maximum Gasteiger partial charge on any atom is 0.337 e. The number of carboxylic acid groups (broad SMARTS) is 1. The van der Waals surface area contributed by atoms with Crippen molar-refractivity contribution in [1.29, 1.82) is 0 Å². The number of carbonyl (C=O) groups is 2. The lowest BCUT2D eigenvalue weighted by atomic mass is 10.0. The zero-order chi connectivity index (χ0) is 21.3. The summed E-state index contributed by atoms with van der Waals surface area (Å²) in [7, 11) is 0. The van der Waals surface area contributed by atoms with E-state index in [2.05, 4.69) is 5.10 Å². The van der Waals surface area contributed by atoms with Crippen molar-refractivity contribution in [3.05, 3.63) is 73.8 Å². The second kappa shape index (κ2) is 7.84. The normalized spacial score (nSPS) is 15.0. The highest BCUT2D eigenvalue weighted by Gasteiger charge is 2.29. The maximum absolute atomic E-state index is 12.9. The van der Waals surface area contributed by atoms with Gasteiger partial charge in [0.15, 0.2) is 0 Å². The zero-order valence-corrected chi connectivity index (χ0v) is 16.3. The van der Waals surface area contributed by atoms with Gasteiger partial charge in [-0.15, -0.1) is 0 Å². The van der Waals surface area contributed by atoms with E-state index in [4.69, 9.17) is 11.6 Å². The number of hydrogen-bond acceptors (Lipinski definition) is 5. The average molecular weight is 414 g/mol. The monoisotopic (exact) mass is 413 g/mol. The number of rotatable bonds is 5. The molecule has 0 unspecified atom stereocenters. The minimum Gasteiger partial charge on any atom is -0.478 e. The number of nitro groups is 1. The Morgan fingerprint density at radius 1 is 1.31 bits per heavy atom. The van der Waals surface area contributed by atoms with Gasteiger partial charge in [0.05, 0.1) is 32.5 Å². The summed E-state index contributed by atoms with van der Waals surface area (Å²) in [6.07, 6.45) is 2.05. The molecule has 29 heavy (non-hydrogen) atoms. The van der Waals surface area contributed by atoms with Crippen molar-refractivity contribution in [3.63, 3.8) is 0 Å². The van der Waals surface area contributed by atoms with Crippen molar-refractivity contribution in [2.45, 2.75) is 20.3 Å². The first-order valence-corrected chi connectivity index (χ1v) is 9.02. The molecule has 0 saturated heterocycles. The highest BCUT2D eigenvalue weighted by molar-refractivity contribution is 6.34. The first-order valence-electron chi connectivity index (χ1n) is 8.64. The van der Waals surface area contributed by atoms with Gasteiger partial charge in [-0.1, -0.05) is 30.7 Å². The van der Waals surface area contributed by atoms with Crippen LogP contribution in [0.15, 0.2) is 47.1 Å². The Hall–Kier alpha value is -3.52. The van der Waals surface area contributed by atoms with E-state index in [1.165, 1.54) is 30.3 Å². The van der Waals surface area contributed by atoms with Gasteiger partial charge in [-0.3, -0.25) is 14.9 Å². The Kier molecular flexibility index (Phi) is 5.47. The predicted molar refractivity (Wildman–Crippen MR) is 109 cm³/mol. The van der Waals surface area contributed by atoms with E-state index in [0.29, 0.717) is 23.3 Å². The largest absolute Gasteiger partial charge is 0.478 e. The van der Waals surface area contributed by atoms with E-state index in [1.54, 1.807) is 19.1 Å². The number of carboxylic acids is 1. The van der Waals surface area contributed by atoms with Crippen molar-refractivity contribution in [2.24, 2.45) is 5.10 Å². The van der Waals surface area contributed by atoms with Gasteiger partial charge in [-0.25, -0.2) is 4.79 Å². The third-order valence-electron chi connectivity index (χ3n) is 4.49. The summed E-state index contributed by atoms with van der Waals surface area (Å²) in [6, 6.07) is 8.92. The fourth-order valence-electron chi connectivity index (χ4n) is 2.97. The summed E-state index contributed by atoms with van der Waals surface area (Å²) in [5.41, 5.74) is 1.86. The molecule has 0 aliphatic carbocycles. The molecule has 0 saturated carbocycles. The van der Waals surface area contributed by atoms with E-state index < -0.39 is 16.8 Å². The van der Waals surface area contributed by atoms with E-state index in [-0.39, 0.29) is 27.5 Å². The van der Waals surface area contributed by atoms with E-state index in [0.717, 1.165) is 5.01 Å². The van der Waals surface area contributed by atoms with Crippen LogP contribution in [0.25, 0.3) is 6.08 Å². The molecule has 2 aromatic carbocycles. The number of hydrogen-bond donors (Lipinski definition) is 1. The molecule has 8 nitrogen and oxygen atoms in total. The molecule has 1 N–H and O–H groups in total. The predicted octanol–water partition coefficient (Wildman–Crippen LogP) is 4.31. The number of carbonyl (C=O) groups excluding carboxylic acids is 1. The maximum atomic E-state index is 12.9. The number of nitrogens with zero attached hydrogens (tertiary/aromatic N) is 3. The molecule has 0 aromatic heterocycles. The van der Waals surface area contributed by atoms with Gasteiger partial charge >= 0.3 is 5.97 Å². The Bertz CT molecular complexity index is 1110. The highest BCUT2D eigenvalue weighted by atomic mass is 35.5. The highest BCUT2D eigenvalue weighted by Crippen LogP contribution is 2.29. The van der Waals surface area contributed by atoms with Gasteiger partial charge in [0, 0.05) is 11.6 Å². The molecule has 3 rings (SSSR count). The molecule has 0 spiro atoms.